The lowest BCUT2D eigenvalue weighted by Crippen LogP contribution is -2.51. The molecule has 3 aromatic rings. The molecule has 0 spiro atoms. The molecule has 0 aliphatic carbocycles. The minimum Gasteiger partial charge on any atom is -0.486 e. The molecule has 134 valence electrons. The molecule has 0 bridgehead atoms. The Morgan fingerprint density at radius 2 is 2.27 bits per heavy atom. The summed E-state index contributed by atoms with van der Waals surface area (Å²) in [6, 6.07) is 9.18. The Morgan fingerprint density at radius 3 is 3.12 bits per heavy atom. The lowest BCUT2D eigenvalue weighted by atomic mass is 10.1. The molecule has 1 amide bonds. The number of aromatic amines is 1. The molecule has 1 aromatic carbocycles. The maximum absolute atomic E-state index is 13.4. The third-order valence-electron chi connectivity index (χ3n) is 4.18. The number of H-pyrrole nitrogens is 1. The number of ether oxygens (including phenoxy) is 2. The minimum atomic E-state index is -0.419. The van der Waals surface area contributed by atoms with Crippen LogP contribution in [0.5, 0.6) is 5.75 Å². The number of benzene rings is 1. The second kappa shape index (κ2) is 7.09. The van der Waals surface area contributed by atoms with Crippen LogP contribution < -0.4 is 10.1 Å². The molecule has 8 heteroatoms. The van der Waals surface area contributed by atoms with Gasteiger partial charge in [0.1, 0.15) is 17.7 Å². The Labute approximate surface area is 148 Å². The zero-order valence-corrected chi connectivity index (χ0v) is 13.8. The van der Waals surface area contributed by atoms with Gasteiger partial charge in [-0.2, -0.15) is 0 Å². The van der Waals surface area contributed by atoms with Crippen LogP contribution in [-0.2, 0) is 4.74 Å². The van der Waals surface area contributed by atoms with E-state index in [0.717, 1.165) is 0 Å². The standard InChI is InChI=1S/C18H17FN4O3/c19-11-3-1-4-12(9-11)26-15-10-25-8-6-13(15)22-18(24)17-21-14-5-2-7-20-16(14)23-17/h1-5,7,9,13,15H,6,8,10H2,(H,22,24)(H,20,21,23)/t13-,15-/m1/s1. The van der Waals surface area contributed by atoms with E-state index >= 15 is 0 Å². The maximum atomic E-state index is 13.4. The average Bonchev–Trinajstić information content (AvgIpc) is 3.08. The van der Waals surface area contributed by atoms with E-state index in [1.165, 1.54) is 12.1 Å². The van der Waals surface area contributed by atoms with Crippen molar-refractivity contribution < 1.29 is 18.7 Å². The number of halogens is 1. The molecule has 4 rings (SSSR count). The number of fused-ring (bicyclic) bond motifs is 1. The van der Waals surface area contributed by atoms with E-state index in [9.17, 15) is 9.18 Å². The van der Waals surface area contributed by atoms with Crippen molar-refractivity contribution >= 4 is 17.1 Å². The Kier molecular flexibility index (Phi) is 4.49. The topological polar surface area (TPSA) is 89.1 Å². The van der Waals surface area contributed by atoms with Crippen LogP contribution in [0.2, 0.25) is 0 Å². The summed E-state index contributed by atoms with van der Waals surface area (Å²) in [6.45, 7) is 0.818. The Hall–Kier alpha value is -3.00. The van der Waals surface area contributed by atoms with Crippen LogP contribution in [0.15, 0.2) is 42.6 Å². The number of aromatic nitrogens is 3. The first kappa shape index (κ1) is 16.5. The van der Waals surface area contributed by atoms with Gasteiger partial charge in [-0.15, -0.1) is 0 Å². The van der Waals surface area contributed by atoms with Gasteiger partial charge in [0, 0.05) is 18.9 Å². The number of amides is 1. The highest BCUT2D eigenvalue weighted by Gasteiger charge is 2.30. The monoisotopic (exact) mass is 356 g/mol. The SMILES string of the molecule is O=C(N[C@@H]1CCOC[C@H]1Oc1cccc(F)c1)c1nc2ncccc2[nH]1. The molecule has 3 heterocycles. The van der Waals surface area contributed by atoms with Crippen LogP contribution in [0.25, 0.3) is 11.2 Å². The van der Waals surface area contributed by atoms with E-state index in [4.69, 9.17) is 9.47 Å². The predicted octanol–water partition coefficient (Wildman–Crippen LogP) is 2.06. The van der Waals surface area contributed by atoms with E-state index in [0.29, 0.717) is 36.5 Å². The Bertz CT molecular complexity index is 896. The molecular weight excluding hydrogens is 339 g/mol. The maximum Gasteiger partial charge on any atom is 0.287 e. The van der Waals surface area contributed by atoms with Crippen molar-refractivity contribution in [3.63, 3.8) is 0 Å². The van der Waals surface area contributed by atoms with Crippen molar-refractivity contribution in [1.82, 2.24) is 20.3 Å². The van der Waals surface area contributed by atoms with Gasteiger partial charge < -0.3 is 19.8 Å². The quantitative estimate of drug-likeness (QED) is 0.747. The van der Waals surface area contributed by atoms with Crippen LogP contribution in [-0.4, -0.2) is 46.2 Å². The first-order chi connectivity index (χ1) is 12.7. The van der Waals surface area contributed by atoms with Crippen LogP contribution >= 0.6 is 0 Å². The van der Waals surface area contributed by atoms with Gasteiger partial charge in [0.05, 0.1) is 18.2 Å². The van der Waals surface area contributed by atoms with Gasteiger partial charge in [0.25, 0.3) is 5.91 Å². The summed E-state index contributed by atoms with van der Waals surface area (Å²) >= 11 is 0. The largest absolute Gasteiger partial charge is 0.486 e. The van der Waals surface area contributed by atoms with Gasteiger partial charge in [-0.3, -0.25) is 4.79 Å². The van der Waals surface area contributed by atoms with E-state index in [1.54, 1.807) is 30.5 Å². The highest BCUT2D eigenvalue weighted by atomic mass is 19.1. The molecule has 0 radical (unpaired) electrons. The summed E-state index contributed by atoms with van der Waals surface area (Å²) in [5.74, 6) is -0.139. The van der Waals surface area contributed by atoms with Crippen LogP contribution in [0.4, 0.5) is 4.39 Å². The molecule has 26 heavy (non-hydrogen) atoms. The fourth-order valence-corrected chi connectivity index (χ4v) is 2.90. The zero-order chi connectivity index (χ0) is 17.9. The third kappa shape index (κ3) is 3.50. The number of nitrogens with one attached hydrogen (secondary N) is 2. The normalized spacial score (nSPS) is 20.0. The number of imidazole rings is 1. The van der Waals surface area contributed by atoms with Crippen molar-refractivity contribution in [1.29, 1.82) is 0 Å². The molecule has 1 saturated heterocycles. The van der Waals surface area contributed by atoms with Crippen LogP contribution in [0.1, 0.15) is 17.0 Å². The Balaban J connectivity index is 1.48. The second-order valence-electron chi connectivity index (χ2n) is 6.02. The van der Waals surface area contributed by atoms with Crippen molar-refractivity contribution in [2.45, 2.75) is 18.6 Å². The van der Waals surface area contributed by atoms with Crippen molar-refractivity contribution in [3.8, 4) is 5.75 Å². The van der Waals surface area contributed by atoms with Gasteiger partial charge in [0.15, 0.2) is 11.5 Å². The Morgan fingerprint density at radius 1 is 1.35 bits per heavy atom. The summed E-state index contributed by atoms with van der Waals surface area (Å²) in [7, 11) is 0. The summed E-state index contributed by atoms with van der Waals surface area (Å²) in [5, 5.41) is 2.92. The van der Waals surface area contributed by atoms with Gasteiger partial charge in [-0.25, -0.2) is 14.4 Å². The summed E-state index contributed by atoms with van der Waals surface area (Å²) in [4.78, 5) is 23.8. The molecule has 0 saturated carbocycles. The van der Waals surface area contributed by atoms with Crippen LogP contribution in [0, 0.1) is 5.82 Å². The van der Waals surface area contributed by atoms with Crippen molar-refractivity contribution in [3.05, 3.63) is 54.2 Å². The molecule has 1 aliphatic heterocycles. The molecule has 2 aromatic heterocycles. The molecule has 2 N–H and O–H groups in total. The summed E-state index contributed by atoms with van der Waals surface area (Å²) in [5.41, 5.74) is 1.18. The zero-order valence-electron chi connectivity index (χ0n) is 13.8. The van der Waals surface area contributed by atoms with Crippen molar-refractivity contribution in [2.75, 3.05) is 13.2 Å². The fourth-order valence-electron chi connectivity index (χ4n) is 2.90. The van der Waals surface area contributed by atoms with E-state index in [-0.39, 0.29) is 23.6 Å². The first-order valence-electron chi connectivity index (χ1n) is 8.30. The van der Waals surface area contributed by atoms with E-state index in [1.807, 2.05) is 0 Å². The smallest absolute Gasteiger partial charge is 0.287 e. The summed E-state index contributed by atoms with van der Waals surface area (Å²) in [6.07, 6.45) is 1.79. The highest BCUT2D eigenvalue weighted by Crippen LogP contribution is 2.19. The van der Waals surface area contributed by atoms with E-state index < -0.39 is 6.10 Å². The first-order valence-corrected chi connectivity index (χ1v) is 8.30. The number of hydrogen-bond acceptors (Lipinski definition) is 5. The number of rotatable bonds is 4. The number of carbonyl (C=O) groups excluding carboxylic acids is 1. The number of nitrogens with zero attached hydrogens (tertiary/aromatic N) is 2. The third-order valence-corrected chi connectivity index (χ3v) is 4.18. The van der Waals surface area contributed by atoms with Crippen LogP contribution in [0.3, 0.4) is 0 Å². The molecule has 2 atom stereocenters. The van der Waals surface area contributed by atoms with Gasteiger partial charge in [-0.05, 0) is 30.7 Å². The number of carbonyl (C=O) groups is 1. The fraction of sp³-hybridized carbons (Fsp3) is 0.278. The molecular formula is C18H17FN4O3. The van der Waals surface area contributed by atoms with Crippen molar-refractivity contribution in [2.24, 2.45) is 0 Å². The highest BCUT2D eigenvalue weighted by molar-refractivity contribution is 5.93. The van der Waals surface area contributed by atoms with Gasteiger partial charge >= 0.3 is 0 Å². The van der Waals surface area contributed by atoms with Gasteiger partial charge in [-0.1, -0.05) is 6.07 Å². The average molecular weight is 356 g/mol. The second-order valence-corrected chi connectivity index (χ2v) is 6.02. The molecule has 7 nitrogen and oxygen atoms in total. The number of hydrogen-bond donors (Lipinski definition) is 2. The lowest BCUT2D eigenvalue weighted by Gasteiger charge is -2.32. The summed E-state index contributed by atoms with van der Waals surface area (Å²) < 4.78 is 24.6. The minimum absolute atomic E-state index is 0.190. The molecule has 1 fully saturated rings. The molecule has 1 aliphatic rings. The van der Waals surface area contributed by atoms with E-state index in [2.05, 4.69) is 20.3 Å². The molecule has 0 unspecified atom stereocenters. The predicted molar refractivity (Wildman–Crippen MR) is 91.4 cm³/mol. The van der Waals surface area contributed by atoms with Gasteiger partial charge in [0.2, 0.25) is 0 Å². The lowest BCUT2D eigenvalue weighted by molar-refractivity contribution is -0.0137. The number of pyridine rings is 1.